The third kappa shape index (κ3) is 5.20. The van der Waals surface area contributed by atoms with Crippen LogP contribution in [0.15, 0.2) is 35.5 Å². The molecule has 1 heterocycles. The topological polar surface area (TPSA) is 69.6 Å². The first-order valence-corrected chi connectivity index (χ1v) is 20.5. The summed E-state index contributed by atoms with van der Waals surface area (Å²) in [5, 5.41) is 13.8. The monoisotopic (exact) mass is 691 g/mol. The second-order valence-electron chi connectivity index (χ2n) is 19.8. The number of nitrogens with one attached hydrogen (secondary N) is 1. The van der Waals surface area contributed by atoms with E-state index in [2.05, 4.69) is 70.5 Å². The zero-order chi connectivity index (χ0) is 35.9. The van der Waals surface area contributed by atoms with Gasteiger partial charge in [-0.2, -0.15) is 0 Å². The molecule has 5 nitrogen and oxygen atoms in total. The van der Waals surface area contributed by atoms with Crippen LogP contribution in [0.4, 0.5) is 4.39 Å². The van der Waals surface area contributed by atoms with Gasteiger partial charge in [0.25, 0.3) is 0 Å². The smallest absolute Gasteiger partial charge is 0.312 e. The van der Waals surface area contributed by atoms with Crippen LogP contribution < -0.4 is 5.32 Å². The van der Waals surface area contributed by atoms with Crippen LogP contribution in [0, 0.1) is 56.7 Å². The van der Waals surface area contributed by atoms with Gasteiger partial charge < -0.3 is 15.3 Å². The molecular weight excluding hydrogens is 623 g/mol. The highest BCUT2D eigenvalue weighted by Crippen LogP contribution is 2.76. The number of hydrogen-bond donors (Lipinski definition) is 2. The van der Waals surface area contributed by atoms with Gasteiger partial charge in [0.2, 0.25) is 5.91 Å². The summed E-state index contributed by atoms with van der Waals surface area (Å²) in [6, 6.07) is 0. The van der Waals surface area contributed by atoms with E-state index in [4.69, 9.17) is 0 Å². The van der Waals surface area contributed by atoms with E-state index < -0.39 is 18.1 Å². The van der Waals surface area contributed by atoms with Gasteiger partial charge in [0.1, 0.15) is 6.67 Å². The van der Waals surface area contributed by atoms with Crippen LogP contribution in [-0.2, 0) is 9.59 Å². The molecule has 0 radical (unpaired) electrons. The average Bonchev–Trinajstić information content (AvgIpc) is 3.48. The minimum Gasteiger partial charge on any atom is -0.481 e. The van der Waals surface area contributed by atoms with Crippen molar-refractivity contribution >= 4 is 11.9 Å². The van der Waals surface area contributed by atoms with Crippen LogP contribution in [0.5, 0.6) is 0 Å². The van der Waals surface area contributed by atoms with Crippen molar-refractivity contribution < 1.29 is 19.1 Å². The summed E-state index contributed by atoms with van der Waals surface area (Å²) in [7, 11) is 0. The molecule has 6 aliphatic carbocycles. The van der Waals surface area contributed by atoms with Crippen molar-refractivity contribution in [3.63, 3.8) is 0 Å². The lowest BCUT2D eigenvalue weighted by Crippen LogP contribution is -2.68. The van der Waals surface area contributed by atoms with Gasteiger partial charge in [-0.05, 0) is 166 Å². The van der Waals surface area contributed by atoms with E-state index in [1.165, 1.54) is 61.7 Å². The second kappa shape index (κ2) is 12.6. The van der Waals surface area contributed by atoms with Crippen LogP contribution in [0.25, 0.3) is 0 Å². The molecule has 4 saturated carbocycles. The summed E-state index contributed by atoms with van der Waals surface area (Å²) < 4.78 is 14.0. The third-order valence-corrected chi connectivity index (χ3v) is 17.6. The molecule has 7 rings (SSSR count). The first-order valence-electron chi connectivity index (χ1n) is 20.5. The van der Waals surface area contributed by atoms with E-state index in [-0.39, 0.29) is 27.2 Å². The molecule has 10 atom stereocenters. The van der Waals surface area contributed by atoms with Gasteiger partial charge in [-0.15, -0.1) is 0 Å². The van der Waals surface area contributed by atoms with E-state index in [1.807, 2.05) is 0 Å². The molecular formula is C44H67FN2O3. The first-order chi connectivity index (χ1) is 23.6. The van der Waals surface area contributed by atoms with Crippen molar-refractivity contribution in [2.24, 2.45) is 56.7 Å². The Balaban J connectivity index is 1.16. The largest absolute Gasteiger partial charge is 0.481 e. The van der Waals surface area contributed by atoms with Crippen molar-refractivity contribution in [2.45, 2.75) is 143 Å². The SMILES string of the molecule is C=C(C)[C@@H]1CC[C@]2(NCC(=O)N3CCCCC3)CC[C@]3(C)[C@H](CC[C@@H]4[C@@]5(C)CC=C(C6=CC[C@](CF)(C(=O)O)CC6)C(C)(C)[C@@H]5CC[C@]43C)[C@@H]12. The Morgan fingerprint density at radius 2 is 1.64 bits per heavy atom. The molecule has 1 aliphatic heterocycles. The minimum absolute atomic E-state index is 0.0140. The van der Waals surface area contributed by atoms with Crippen LogP contribution in [0.1, 0.15) is 138 Å². The number of aliphatic carboxylic acids is 1. The minimum atomic E-state index is -1.25. The zero-order valence-electron chi connectivity index (χ0n) is 32.3. The third-order valence-electron chi connectivity index (χ3n) is 17.6. The molecule has 0 spiro atoms. The predicted molar refractivity (Wildman–Crippen MR) is 199 cm³/mol. The summed E-state index contributed by atoms with van der Waals surface area (Å²) in [5.41, 5.74) is 3.46. The fraction of sp³-hybridized carbons (Fsp3) is 0.818. The average molecular weight is 691 g/mol. The molecule has 6 heteroatoms. The summed E-state index contributed by atoms with van der Waals surface area (Å²) in [4.78, 5) is 27.5. The number of rotatable bonds is 7. The number of carboxylic acids is 1. The van der Waals surface area contributed by atoms with Crippen molar-refractivity contribution in [2.75, 3.05) is 26.3 Å². The van der Waals surface area contributed by atoms with Gasteiger partial charge >= 0.3 is 5.97 Å². The molecule has 0 aromatic rings. The van der Waals surface area contributed by atoms with Crippen LogP contribution >= 0.6 is 0 Å². The maximum absolute atomic E-state index is 14.0. The van der Waals surface area contributed by atoms with Gasteiger partial charge in [-0.25, -0.2) is 4.39 Å². The Morgan fingerprint density at radius 3 is 2.28 bits per heavy atom. The Bertz CT molecular complexity index is 1460. The highest BCUT2D eigenvalue weighted by molar-refractivity contribution is 5.78. The molecule has 0 aromatic carbocycles. The number of hydrogen-bond acceptors (Lipinski definition) is 3. The number of likely N-dealkylation sites (tertiary alicyclic amines) is 1. The Hall–Kier alpha value is -1.95. The van der Waals surface area contributed by atoms with Gasteiger partial charge in [-0.1, -0.05) is 58.9 Å². The molecule has 50 heavy (non-hydrogen) atoms. The molecule has 5 fully saturated rings. The number of halogens is 1. The molecule has 0 bridgehead atoms. The van der Waals surface area contributed by atoms with E-state index in [0.717, 1.165) is 45.2 Å². The summed E-state index contributed by atoms with van der Waals surface area (Å²) in [5.74, 6) is 2.18. The maximum Gasteiger partial charge on any atom is 0.312 e. The summed E-state index contributed by atoms with van der Waals surface area (Å²) >= 11 is 0. The van der Waals surface area contributed by atoms with E-state index in [9.17, 15) is 19.1 Å². The highest BCUT2D eigenvalue weighted by atomic mass is 19.1. The molecule has 1 saturated heterocycles. The number of carbonyl (C=O) groups excluding carboxylic acids is 1. The molecule has 1 amide bonds. The Morgan fingerprint density at radius 1 is 0.900 bits per heavy atom. The van der Waals surface area contributed by atoms with Gasteiger partial charge in [0.15, 0.2) is 0 Å². The highest BCUT2D eigenvalue weighted by Gasteiger charge is 2.70. The first kappa shape index (κ1) is 36.4. The van der Waals surface area contributed by atoms with Gasteiger partial charge in [0, 0.05) is 18.6 Å². The molecule has 7 aliphatic rings. The van der Waals surface area contributed by atoms with Crippen molar-refractivity contribution in [3.05, 3.63) is 35.5 Å². The van der Waals surface area contributed by atoms with Crippen LogP contribution in [-0.4, -0.2) is 53.7 Å². The van der Waals surface area contributed by atoms with Crippen molar-refractivity contribution in [3.8, 4) is 0 Å². The van der Waals surface area contributed by atoms with E-state index >= 15 is 0 Å². The number of fused-ring (bicyclic) bond motifs is 7. The van der Waals surface area contributed by atoms with Crippen LogP contribution in [0.3, 0.4) is 0 Å². The lowest BCUT2D eigenvalue weighted by atomic mass is 9.33. The number of allylic oxidation sites excluding steroid dienone is 5. The van der Waals surface area contributed by atoms with Gasteiger partial charge in [-0.3, -0.25) is 9.59 Å². The lowest BCUT2D eigenvalue weighted by molar-refractivity contribution is -0.221. The van der Waals surface area contributed by atoms with Gasteiger partial charge in [0.05, 0.1) is 12.0 Å². The standard InChI is InChI=1S/C44H67FN2O3/c1-29(2)31-15-22-44(46-27-36(48)47-25-9-8-10-26-47)24-23-41(6)33(37(31)44)11-12-35-40(5)18-16-32(39(3,4)34(40)17-19-42(35,41)7)30-13-20-43(28-45,21-14-30)38(49)50/h13,16,31,33-35,37,46H,1,8-12,14-15,17-28H2,2-7H3,(H,49,50)/t31-,33+,34-,35+,37+,40-,41+,42+,43-,44-/m0/s1. The number of carbonyl (C=O) groups is 2. The van der Waals surface area contributed by atoms with Crippen LogP contribution in [0.2, 0.25) is 0 Å². The Labute approximate surface area is 302 Å². The summed E-state index contributed by atoms with van der Waals surface area (Å²) in [6.07, 6.45) is 20.3. The molecule has 0 unspecified atom stereocenters. The zero-order valence-corrected chi connectivity index (χ0v) is 32.3. The van der Waals surface area contributed by atoms with E-state index in [1.54, 1.807) is 0 Å². The Kier molecular flexibility index (Phi) is 9.16. The summed E-state index contributed by atoms with van der Waals surface area (Å²) in [6.45, 7) is 21.3. The normalized spacial score (nSPS) is 45.3. The number of amides is 1. The maximum atomic E-state index is 14.0. The number of piperidine rings is 1. The van der Waals surface area contributed by atoms with Crippen molar-refractivity contribution in [1.29, 1.82) is 0 Å². The van der Waals surface area contributed by atoms with Crippen molar-refractivity contribution in [1.82, 2.24) is 10.2 Å². The quantitative estimate of drug-likeness (QED) is 0.261. The molecule has 278 valence electrons. The number of carboxylic acid groups (broad SMARTS) is 1. The number of alkyl halides is 1. The molecule has 2 N–H and O–H groups in total. The predicted octanol–water partition coefficient (Wildman–Crippen LogP) is 9.69. The fourth-order valence-corrected chi connectivity index (χ4v) is 14.6. The number of nitrogens with zero attached hydrogens (tertiary/aromatic N) is 1. The fourth-order valence-electron chi connectivity index (χ4n) is 14.6. The molecule has 0 aromatic heterocycles. The van der Waals surface area contributed by atoms with E-state index in [0.29, 0.717) is 61.3 Å². The second-order valence-corrected chi connectivity index (χ2v) is 19.8. The lowest BCUT2D eigenvalue weighted by Gasteiger charge is -2.72.